The predicted molar refractivity (Wildman–Crippen MR) is 82.6 cm³/mol. The van der Waals surface area contributed by atoms with Gasteiger partial charge in [-0.05, 0) is 42.9 Å². The van der Waals surface area contributed by atoms with Crippen LogP contribution in [0.3, 0.4) is 0 Å². The lowest BCUT2D eigenvalue weighted by Crippen LogP contribution is -2.27. The number of hydrogen-bond acceptors (Lipinski definition) is 2. The molecule has 0 heterocycles. The van der Waals surface area contributed by atoms with Crippen molar-refractivity contribution in [1.82, 2.24) is 0 Å². The van der Waals surface area contributed by atoms with Crippen molar-refractivity contribution in [3.63, 3.8) is 0 Å². The van der Waals surface area contributed by atoms with Gasteiger partial charge in [0.15, 0.2) is 0 Å². The summed E-state index contributed by atoms with van der Waals surface area (Å²) in [5.41, 5.74) is 1.21. The second kappa shape index (κ2) is 6.48. The molecule has 114 valence electrons. The number of carbonyl (C=O) groups excluding carboxylic acids is 1. The first-order valence-electron chi connectivity index (χ1n) is 7.18. The van der Waals surface area contributed by atoms with Crippen LogP contribution in [0.1, 0.15) is 44.1 Å². The van der Waals surface area contributed by atoms with Gasteiger partial charge in [-0.3, -0.25) is 9.59 Å². The highest BCUT2D eigenvalue weighted by molar-refractivity contribution is 6.33. The molecule has 2 N–H and O–H groups in total. The Kier molecular flexibility index (Phi) is 4.88. The van der Waals surface area contributed by atoms with E-state index in [2.05, 4.69) is 5.32 Å². The highest BCUT2D eigenvalue weighted by Gasteiger charge is 2.38. The van der Waals surface area contributed by atoms with E-state index in [1.54, 1.807) is 12.1 Å². The number of carbonyl (C=O) groups is 2. The molecule has 1 saturated carbocycles. The summed E-state index contributed by atoms with van der Waals surface area (Å²) in [6.45, 7) is 1.93. The van der Waals surface area contributed by atoms with E-state index in [1.165, 1.54) is 0 Å². The Morgan fingerprint density at radius 1 is 1.29 bits per heavy atom. The zero-order chi connectivity index (χ0) is 15.5. The fourth-order valence-corrected chi connectivity index (χ4v) is 3.40. The fourth-order valence-electron chi connectivity index (χ4n) is 3.12. The summed E-state index contributed by atoms with van der Waals surface area (Å²) in [7, 11) is 0. The number of hydrogen-bond donors (Lipinski definition) is 2. The first kappa shape index (κ1) is 15.8. The highest BCUT2D eigenvalue weighted by atomic mass is 35.5. The summed E-state index contributed by atoms with van der Waals surface area (Å²) in [5.74, 6) is -0.998. The molecule has 2 rings (SSSR count). The molecule has 0 unspecified atom stereocenters. The summed E-state index contributed by atoms with van der Waals surface area (Å²) in [6.07, 6.45) is 3.88. The van der Waals surface area contributed by atoms with Crippen LogP contribution in [0.25, 0.3) is 0 Å². The van der Waals surface area contributed by atoms with Crippen LogP contribution in [0.5, 0.6) is 0 Å². The van der Waals surface area contributed by atoms with E-state index < -0.39 is 11.4 Å². The third-order valence-corrected chi connectivity index (χ3v) is 4.44. The van der Waals surface area contributed by atoms with Crippen molar-refractivity contribution in [2.45, 2.75) is 45.4 Å². The van der Waals surface area contributed by atoms with E-state index in [1.807, 2.05) is 13.0 Å². The Labute approximate surface area is 129 Å². The summed E-state index contributed by atoms with van der Waals surface area (Å²) >= 11 is 6.10. The summed E-state index contributed by atoms with van der Waals surface area (Å²) < 4.78 is 0. The predicted octanol–water partition coefficient (Wildman–Crippen LogP) is 4.01. The first-order chi connectivity index (χ1) is 9.90. The second-order valence-corrected chi connectivity index (χ2v) is 6.39. The number of amides is 1. The SMILES string of the molecule is Cc1ccc(NC(=O)CC2(CC(=O)O)CCCC2)c(Cl)c1. The zero-order valence-corrected chi connectivity index (χ0v) is 12.9. The molecule has 1 amide bonds. The van der Waals surface area contributed by atoms with Crippen molar-refractivity contribution >= 4 is 29.2 Å². The summed E-state index contributed by atoms with van der Waals surface area (Å²) in [5, 5.41) is 12.4. The normalized spacial score (nSPS) is 16.7. The van der Waals surface area contributed by atoms with E-state index in [9.17, 15) is 9.59 Å². The number of benzene rings is 1. The Balaban J connectivity index is 2.04. The molecule has 0 atom stereocenters. The second-order valence-electron chi connectivity index (χ2n) is 5.99. The molecule has 0 aliphatic heterocycles. The van der Waals surface area contributed by atoms with E-state index in [0.717, 1.165) is 31.2 Å². The molecule has 1 fully saturated rings. The lowest BCUT2D eigenvalue weighted by atomic mass is 9.79. The molecule has 0 spiro atoms. The lowest BCUT2D eigenvalue weighted by molar-refractivity contribution is -0.140. The number of aryl methyl sites for hydroxylation is 1. The van der Waals surface area contributed by atoms with Gasteiger partial charge in [0.1, 0.15) is 0 Å². The summed E-state index contributed by atoms with van der Waals surface area (Å²) in [4.78, 5) is 23.3. The minimum atomic E-state index is -0.835. The van der Waals surface area contributed by atoms with Crippen molar-refractivity contribution in [2.24, 2.45) is 5.41 Å². The molecule has 0 saturated heterocycles. The molecule has 0 bridgehead atoms. The maximum atomic E-state index is 12.2. The highest BCUT2D eigenvalue weighted by Crippen LogP contribution is 2.44. The number of anilines is 1. The number of halogens is 1. The molecule has 5 heteroatoms. The van der Waals surface area contributed by atoms with Gasteiger partial charge in [-0.25, -0.2) is 0 Å². The van der Waals surface area contributed by atoms with Gasteiger partial charge in [0.2, 0.25) is 5.91 Å². The number of rotatable bonds is 5. The van der Waals surface area contributed by atoms with Gasteiger partial charge in [-0.1, -0.05) is 30.5 Å². The molecular weight excluding hydrogens is 290 g/mol. The molecule has 1 aromatic rings. The molecule has 1 aliphatic carbocycles. The van der Waals surface area contributed by atoms with E-state index in [4.69, 9.17) is 16.7 Å². The van der Waals surface area contributed by atoms with Gasteiger partial charge >= 0.3 is 5.97 Å². The van der Waals surface area contributed by atoms with Crippen molar-refractivity contribution < 1.29 is 14.7 Å². The van der Waals surface area contributed by atoms with Crippen LogP contribution in [0.15, 0.2) is 18.2 Å². The van der Waals surface area contributed by atoms with Gasteiger partial charge < -0.3 is 10.4 Å². The molecule has 0 radical (unpaired) electrons. The van der Waals surface area contributed by atoms with Gasteiger partial charge in [-0.2, -0.15) is 0 Å². The van der Waals surface area contributed by atoms with E-state index in [0.29, 0.717) is 10.7 Å². The maximum absolute atomic E-state index is 12.2. The first-order valence-corrected chi connectivity index (χ1v) is 7.56. The van der Waals surface area contributed by atoms with Crippen LogP contribution in [0.2, 0.25) is 5.02 Å². The standard InChI is InChI=1S/C16H20ClNO3/c1-11-4-5-13(12(17)8-11)18-14(19)9-16(10-15(20)21)6-2-3-7-16/h4-5,8H,2-3,6-7,9-10H2,1H3,(H,18,19)(H,20,21). The average Bonchev–Trinajstić information content (AvgIpc) is 2.80. The Morgan fingerprint density at radius 2 is 1.95 bits per heavy atom. The average molecular weight is 310 g/mol. The van der Waals surface area contributed by atoms with Crippen molar-refractivity contribution in [3.05, 3.63) is 28.8 Å². The largest absolute Gasteiger partial charge is 0.481 e. The number of aliphatic carboxylic acids is 1. The third kappa shape index (κ3) is 4.21. The van der Waals surface area contributed by atoms with E-state index >= 15 is 0 Å². The van der Waals surface area contributed by atoms with Crippen LogP contribution >= 0.6 is 11.6 Å². The maximum Gasteiger partial charge on any atom is 0.303 e. The lowest BCUT2D eigenvalue weighted by Gasteiger charge is -2.26. The molecule has 1 aromatic carbocycles. The Bertz CT molecular complexity index is 550. The van der Waals surface area contributed by atoms with Crippen molar-refractivity contribution in [3.8, 4) is 0 Å². The van der Waals surface area contributed by atoms with Gasteiger partial charge in [-0.15, -0.1) is 0 Å². The quantitative estimate of drug-likeness (QED) is 0.863. The van der Waals surface area contributed by atoms with Crippen LogP contribution in [-0.4, -0.2) is 17.0 Å². The minimum Gasteiger partial charge on any atom is -0.481 e. The fraction of sp³-hybridized carbons (Fsp3) is 0.500. The molecule has 21 heavy (non-hydrogen) atoms. The number of carboxylic acid groups (broad SMARTS) is 1. The molecule has 0 aromatic heterocycles. The van der Waals surface area contributed by atoms with Crippen molar-refractivity contribution in [2.75, 3.05) is 5.32 Å². The Morgan fingerprint density at radius 3 is 2.52 bits per heavy atom. The molecule has 1 aliphatic rings. The van der Waals surface area contributed by atoms with Crippen LogP contribution in [0.4, 0.5) is 5.69 Å². The van der Waals surface area contributed by atoms with Crippen LogP contribution in [-0.2, 0) is 9.59 Å². The van der Waals surface area contributed by atoms with Crippen LogP contribution in [0, 0.1) is 12.3 Å². The monoisotopic (exact) mass is 309 g/mol. The molecule has 4 nitrogen and oxygen atoms in total. The number of nitrogens with one attached hydrogen (secondary N) is 1. The minimum absolute atomic E-state index is 0.0576. The van der Waals surface area contributed by atoms with Crippen molar-refractivity contribution in [1.29, 1.82) is 0 Å². The van der Waals surface area contributed by atoms with Gasteiger partial charge in [0, 0.05) is 6.42 Å². The topological polar surface area (TPSA) is 66.4 Å². The molecular formula is C16H20ClNO3. The Hall–Kier alpha value is -1.55. The zero-order valence-electron chi connectivity index (χ0n) is 12.1. The third-order valence-electron chi connectivity index (χ3n) is 4.12. The van der Waals surface area contributed by atoms with Gasteiger partial charge in [0.25, 0.3) is 0 Å². The smallest absolute Gasteiger partial charge is 0.303 e. The van der Waals surface area contributed by atoms with Gasteiger partial charge in [0.05, 0.1) is 17.1 Å². The summed E-state index contributed by atoms with van der Waals surface area (Å²) in [6, 6.07) is 5.44. The number of carboxylic acids is 1. The van der Waals surface area contributed by atoms with E-state index in [-0.39, 0.29) is 18.7 Å². The van der Waals surface area contributed by atoms with Crippen LogP contribution < -0.4 is 5.32 Å².